The number of amides is 1. The molecule has 1 fully saturated rings. The third kappa shape index (κ3) is 4.42. The summed E-state index contributed by atoms with van der Waals surface area (Å²) < 4.78 is -0.447. The van der Waals surface area contributed by atoms with Gasteiger partial charge in [0, 0.05) is 6.54 Å². The zero-order chi connectivity index (χ0) is 12.2. The minimum absolute atomic E-state index is 0.0884. The first-order valence-electron chi connectivity index (χ1n) is 6.13. The maximum atomic E-state index is 11.7. The molecule has 0 bridgehead atoms. The van der Waals surface area contributed by atoms with Crippen molar-refractivity contribution in [2.24, 2.45) is 5.92 Å². The van der Waals surface area contributed by atoms with Crippen LogP contribution in [-0.4, -0.2) is 41.3 Å². The van der Waals surface area contributed by atoms with Gasteiger partial charge in [-0.3, -0.25) is 4.79 Å². The number of piperidine rings is 1. The molecule has 0 spiro atoms. The maximum Gasteiger partial charge on any atom is 0.236 e. The Morgan fingerprint density at radius 3 is 2.44 bits per heavy atom. The second kappa shape index (κ2) is 6.01. The highest BCUT2D eigenvalue weighted by atomic mass is 79.9. The van der Waals surface area contributed by atoms with Crippen LogP contribution in [0.5, 0.6) is 0 Å². The van der Waals surface area contributed by atoms with E-state index in [0.717, 1.165) is 13.1 Å². The lowest BCUT2D eigenvalue weighted by atomic mass is 9.96. The van der Waals surface area contributed by atoms with Gasteiger partial charge in [0.15, 0.2) is 0 Å². The van der Waals surface area contributed by atoms with Crippen LogP contribution in [0.2, 0.25) is 0 Å². The van der Waals surface area contributed by atoms with Gasteiger partial charge in [-0.25, -0.2) is 0 Å². The molecule has 1 rings (SSSR count). The predicted molar refractivity (Wildman–Crippen MR) is 70.9 cm³/mol. The van der Waals surface area contributed by atoms with E-state index in [1.54, 1.807) is 0 Å². The second-order valence-corrected chi connectivity index (χ2v) is 7.04. The van der Waals surface area contributed by atoms with Crippen molar-refractivity contribution in [3.8, 4) is 0 Å². The lowest BCUT2D eigenvalue weighted by Crippen LogP contribution is -2.42. The molecule has 0 saturated carbocycles. The number of carbonyl (C=O) groups is 1. The van der Waals surface area contributed by atoms with Gasteiger partial charge >= 0.3 is 0 Å². The normalized spacial score (nSPS) is 19.8. The number of hydrogen-bond donors (Lipinski definition) is 1. The zero-order valence-corrected chi connectivity index (χ0v) is 12.1. The molecule has 1 heterocycles. The Morgan fingerprint density at radius 1 is 1.44 bits per heavy atom. The number of nitrogens with zero attached hydrogens (tertiary/aromatic N) is 1. The monoisotopic (exact) mass is 290 g/mol. The van der Waals surface area contributed by atoms with E-state index >= 15 is 0 Å². The molecule has 0 unspecified atom stereocenters. The van der Waals surface area contributed by atoms with Gasteiger partial charge in [0.25, 0.3) is 0 Å². The van der Waals surface area contributed by atoms with Crippen LogP contribution >= 0.6 is 15.9 Å². The molecular weight excluding hydrogens is 268 g/mol. The molecule has 0 atom stereocenters. The number of rotatable bonds is 4. The lowest BCUT2D eigenvalue weighted by molar-refractivity contribution is -0.122. The van der Waals surface area contributed by atoms with Gasteiger partial charge in [-0.05, 0) is 52.2 Å². The minimum atomic E-state index is -0.447. The van der Waals surface area contributed by atoms with Crippen molar-refractivity contribution in [3.05, 3.63) is 0 Å². The van der Waals surface area contributed by atoms with Crippen LogP contribution in [0.3, 0.4) is 0 Å². The van der Waals surface area contributed by atoms with Crippen molar-refractivity contribution >= 4 is 21.8 Å². The van der Waals surface area contributed by atoms with Crippen molar-refractivity contribution in [3.63, 3.8) is 0 Å². The van der Waals surface area contributed by atoms with E-state index in [0.29, 0.717) is 5.92 Å². The lowest BCUT2D eigenvalue weighted by Gasteiger charge is -2.31. The number of hydrogen-bond acceptors (Lipinski definition) is 2. The Kier molecular flexibility index (Phi) is 5.25. The highest BCUT2D eigenvalue weighted by molar-refractivity contribution is 9.10. The molecule has 0 radical (unpaired) electrons. The van der Waals surface area contributed by atoms with Gasteiger partial charge in [-0.1, -0.05) is 22.9 Å². The molecule has 94 valence electrons. The van der Waals surface area contributed by atoms with Crippen molar-refractivity contribution in [1.29, 1.82) is 0 Å². The molecule has 0 aromatic carbocycles. The number of likely N-dealkylation sites (tertiary alicyclic amines) is 1. The van der Waals surface area contributed by atoms with Crippen LogP contribution in [0.4, 0.5) is 0 Å². The van der Waals surface area contributed by atoms with E-state index in [-0.39, 0.29) is 5.91 Å². The van der Waals surface area contributed by atoms with Crippen molar-refractivity contribution in [2.45, 2.75) is 37.9 Å². The second-order valence-electron chi connectivity index (χ2n) is 5.06. The Balaban J connectivity index is 2.22. The van der Waals surface area contributed by atoms with E-state index in [9.17, 15) is 4.79 Å². The summed E-state index contributed by atoms with van der Waals surface area (Å²) >= 11 is 3.37. The Labute approximate surface area is 107 Å². The Bertz CT molecular complexity index is 230. The SMILES string of the molecule is CCN1CCC(CNC(=O)C(C)(C)Br)CC1. The molecule has 1 saturated heterocycles. The average molecular weight is 291 g/mol. The van der Waals surface area contributed by atoms with Gasteiger partial charge < -0.3 is 10.2 Å². The number of nitrogens with one attached hydrogen (secondary N) is 1. The third-order valence-electron chi connectivity index (χ3n) is 3.25. The molecule has 0 aromatic rings. The number of carbonyl (C=O) groups excluding carboxylic acids is 1. The van der Waals surface area contributed by atoms with Crippen LogP contribution in [-0.2, 0) is 4.79 Å². The molecule has 0 aromatic heterocycles. The third-order valence-corrected chi connectivity index (χ3v) is 3.61. The molecule has 1 aliphatic rings. The first-order chi connectivity index (χ1) is 7.43. The van der Waals surface area contributed by atoms with Gasteiger partial charge in [-0.15, -0.1) is 0 Å². The highest BCUT2D eigenvalue weighted by Gasteiger charge is 2.25. The molecular formula is C12H23BrN2O. The molecule has 1 N–H and O–H groups in total. The van der Waals surface area contributed by atoms with E-state index < -0.39 is 4.32 Å². The average Bonchev–Trinajstić information content (AvgIpc) is 2.25. The fourth-order valence-electron chi connectivity index (χ4n) is 1.95. The molecule has 1 aliphatic heterocycles. The van der Waals surface area contributed by atoms with Crippen LogP contribution in [0, 0.1) is 5.92 Å². The summed E-state index contributed by atoms with van der Waals surface area (Å²) in [5.74, 6) is 0.743. The fourth-order valence-corrected chi connectivity index (χ4v) is 2.09. The highest BCUT2D eigenvalue weighted by Crippen LogP contribution is 2.18. The van der Waals surface area contributed by atoms with Crippen molar-refractivity contribution < 1.29 is 4.79 Å². The zero-order valence-electron chi connectivity index (χ0n) is 10.6. The molecule has 0 aliphatic carbocycles. The quantitative estimate of drug-likeness (QED) is 0.804. The summed E-state index contributed by atoms with van der Waals surface area (Å²) in [5, 5.41) is 3.02. The Morgan fingerprint density at radius 2 is 2.00 bits per heavy atom. The molecule has 3 nitrogen and oxygen atoms in total. The number of alkyl halides is 1. The first kappa shape index (κ1) is 14.0. The predicted octanol–water partition coefficient (Wildman–Crippen LogP) is 2.01. The first-order valence-corrected chi connectivity index (χ1v) is 6.92. The van der Waals surface area contributed by atoms with Crippen LogP contribution in [0.15, 0.2) is 0 Å². The van der Waals surface area contributed by atoms with Crippen molar-refractivity contribution in [1.82, 2.24) is 10.2 Å². The van der Waals surface area contributed by atoms with Gasteiger partial charge in [0.2, 0.25) is 5.91 Å². The summed E-state index contributed by atoms with van der Waals surface area (Å²) in [5.41, 5.74) is 0. The topological polar surface area (TPSA) is 32.3 Å². The maximum absolute atomic E-state index is 11.7. The Hall–Kier alpha value is -0.0900. The van der Waals surface area contributed by atoms with E-state index in [1.807, 2.05) is 13.8 Å². The fraction of sp³-hybridized carbons (Fsp3) is 0.917. The molecule has 1 amide bonds. The van der Waals surface area contributed by atoms with Crippen LogP contribution in [0.1, 0.15) is 33.6 Å². The van der Waals surface area contributed by atoms with E-state index in [4.69, 9.17) is 0 Å². The van der Waals surface area contributed by atoms with E-state index in [2.05, 4.69) is 33.1 Å². The van der Waals surface area contributed by atoms with Crippen LogP contribution < -0.4 is 5.32 Å². The molecule has 4 heteroatoms. The summed E-state index contributed by atoms with van der Waals surface area (Å²) in [6.07, 6.45) is 2.41. The molecule has 16 heavy (non-hydrogen) atoms. The minimum Gasteiger partial charge on any atom is -0.355 e. The summed E-state index contributed by atoms with van der Waals surface area (Å²) in [4.78, 5) is 14.1. The van der Waals surface area contributed by atoms with Gasteiger partial charge in [0.1, 0.15) is 0 Å². The smallest absolute Gasteiger partial charge is 0.236 e. The summed E-state index contributed by atoms with van der Waals surface area (Å²) in [6, 6.07) is 0. The van der Waals surface area contributed by atoms with Gasteiger partial charge in [0.05, 0.1) is 4.32 Å². The van der Waals surface area contributed by atoms with Crippen molar-refractivity contribution in [2.75, 3.05) is 26.2 Å². The summed E-state index contributed by atoms with van der Waals surface area (Å²) in [7, 11) is 0. The largest absolute Gasteiger partial charge is 0.355 e. The standard InChI is InChI=1S/C12H23BrN2O/c1-4-15-7-5-10(6-8-15)9-14-11(16)12(2,3)13/h10H,4-9H2,1-3H3,(H,14,16). The van der Waals surface area contributed by atoms with E-state index in [1.165, 1.54) is 25.9 Å². The summed E-state index contributed by atoms with van der Waals surface area (Å²) in [6.45, 7) is 10.3. The number of halogens is 1. The van der Waals surface area contributed by atoms with Gasteiger partial charge in [-0.2, -0.15) is 0 Å². The van der Waals surface area contributed by atoms with Crippen LogP contribution in [0.25, 0.3) is 0 Å².